The van der Waals surface area contributed by atoms with Gasteiger partial charge in [0.2, 0.25) is 0 Å². The van der Waals surface area contributed by atoms with Crippen LogP contribution in [0.4, 0.5) is 0 Å². The predicted molar refractivity (Wildman–Crippen MR) is 89.3 cm³/mol. The third-order valence-corrected chi connectivity index (χ3v) is 4.01. The first-order chi connectivity index (χ1) is 10.5. The van der Waals surface area contributed by atoms with Gasteiger partial charge in [0, 0.05) is 10.9 Å². The summed E-state index contributed by atoms with van der Waals surface area (Å²) in [5.74, 6) is -0.811. The summed E-state index contributed by atoms with van der Waals surface area (Å²) in [7, 11) is 0. The Morgan fingerprint density at radius 2 is 1.73 bits per heavy atom. The molecule has 0 amide bonds. The molecule has 3 heteroatoms. The summed E-state index contributed by atoms with van der Waals surface area (Å²) in [5, 5.41) is 10.3. The maximum atomic E-state index is 11.3. The van der Waals surface area contributed by atoms with Crippen LogP contribution in [-0.4, -0.2) is 16.1 Å². The van der Waals surface area contributed by atoms with Crippen molar-refractivity contribution in [2.45, 2.75) is 27.2 Å². The lowest BCUT2D eigenvalue weighted by Crippen LogP contribution is -2.01. The molecule has 0 unspecified atom stereocenters. The van der Waals surface area contributed by atoms with Gasteiger partial charge in [0.25, 0.3) is 0 Å². The topological polar surface area (TPSA) is 53.1 Å². The fraction of sp³-hybridized carbons (Fsp3) is 0.211. The van der Waals surface area contributed by atoms with E-state index in [9.17, 15) is 9.90 Å². The van der Waals surface area contributed by atoms with Crippen LogP contribution in [0.15, 0.2) is 36.4 Å². The molecule has 0 bridgehead atoms. The number of nitrogens with one attached hydrogen (secondary N) is 1. The number of carboxylic acid groups (broad SMARTS) is 1. The van der Waals surface area contributed by atoms with E-state index in [0.717, 1.165) is 33.3 Å². The Morgan fingerprint density at radius 3 is 2.36 bits per heavy atom. The molecule has 0 radical (unpaired) electrons. The number of aromatic nitrogens is 1. The van der Waals surface area contributed by atoms with Crippen LogP contribution in [-0.2, 0) is 11.2 Å². The van der Waals surface area contributed by atoms with Crippen molar-refractivity contribution >= 4 is 16.9 Å². The molecule has 0 saturated heterocycles. The zero-order valence-corrected chi connectivity index (χ0v) is 13.0. The third kappa shape index (κ3) is 2.50. The Morgan fingerprint density at radius 1 is 1.05 bits per heavy atom. The standard InChI is InChI=1S/C19H19NO2/c1-11-4-6-14(7-5-11)19-15(10-17(21)22)18-13(3)8-12(2)9-16(18)20-19/h4-9,20H,10H2,1-3H3,(H,21,22). The van der Waals surface area contributed by atoms with E-state index in [1.165, 1.54) is 11.1 Å². The van der Waals surface area contributed by atoms with Crippen LogP contribution in [0.2, 0.25) is 0 Å². The molecule has 0 atom stereocenters. The highest BCUT2D eigenvalue weighted by molar-refractivity contribution is 5.96. The lowest BCUT2D eigenvalue weighted by atomic mass is 9.98. The first kappa shape index (κ1) is 14.4. The van der Waals surface area contributed by atoms with Gasteiger partial charge >= 0.3 is 5.97 Å². The molecule has 22 heavy (non-hydrogen) atoms. The number of hydrogen-bond acceptors (Lipinski definition) is 1. The number of aryl methyl sites for hydroxylation is 3. The van der Waals surface area contributed by atoms with Crippen molar-refractivity contribution in [3.63, 3.8) is 0 Å². The molecule has 0 aliphatic carbocycles. The number of carboxylic acids is 1. The SMILES string of the molecule is Cc1ccc(-c2[nH]c3cc(C)cc(C)c3c2CC(=O)O)cc1. The average Bonchev–Trinajstić information content (AvgIpc) is 2.77. The molecular formula is C19H19NO2. The van der Waals surface area contributed by atoms with Crippen LogP contribution in [0, 0.1) is 20.8 Å². The minimum Gasteiger partial charge on any atom is -0.481 e. The molecule has 0 aliphatic rings. The molecule has 112 valence electrons. The van der Waals surface area contributed by atoms with E-state index >= 15 is 0 Å². The van der Waals surface area contributed by atoms with Gasteiger partial charge in [-0.25, -0.2) is 0 Å². The minimum atomic E-state index is -0.811. The summed E-state index contributed by atoms with van der Waals surface area (Å²) in [6.45, 7) is 6.13. The van der Waals surface area contributed by atoms with Crippen LogP contribution >= 0.6 is 0 Å². The molecule has 0 aliphatic heterocycles. The second kappa shape index (κ2) is 5.34. The van der Waals surface area contributed by atoms with Crippen molar-refractivity contribution in [3.8, 4) is 11.3 Å². The summed E-state index contributed by atoms with van der Waals surface area (Å²) >= 11 is 0. The van der Waals surface area contributed by atoms with Crippen molar-refractivity contribution in [3.05, 3.63) is 58.7 Å². The van der Waals surface area contributed by atoms with Gasteiger partial charge in [0.1, 0.15) is 0 Å². The number of H-pyrrole nitrogens is 1. The number of benzene rings is 2. The van der Waals surface area contributed by atoms with E-state index in [0.29, 0.717) is 0 Å². The molecule has 0 fully saturated rings. The molecule has 3 nitrogen and oxygen atoms in total. The van der Waals surface area contributed by atoms with E-state index in [2.05, 4.69) is 24.0 Å². The van der Waals surface area contributed by atoms with E-state index < -0.39 is 5.97 Å². The van der Waals surface area contributed by atoms with Gasteiger partial charge in [0.15, 0.2) is 0 Å². The molecule has 3 rings (SSSR count). The first-order valence-corrected chi connectivity index (χ1v) is 7.36. The second-order valence-electron chi connectivity index (χ2n) is 5.92. The number of hydrogen-bond donors (Lipinski definition) is 2. The van der Waals surface area contributed by atoms with Crippen LogP contribution in [0.5, 0.6) is 0 Å². The second-order valence-corrected chi connectivity index (χ2v) is 5.92. The fourth-order valence-corrected chi connectivity index (χ4v) is 3.10. The minimum absolute atomic E-state index is 0.0209. The Bertz CT molecular complexity index is 857. The zero-order valence-electron chi connectivity index (χ0n) is 13.0. The van der Waals surface area contributed by atoms with Gasteiger partial charge in [-0.15, -0.1) is 0 Å². The molecule has 0 saturated carbocycles. The lowest BCUT2D eigenvalue weighted by molar-refractivity contribution is -0.136. The van der Waals surface area contributed by atoms with E-state index in [1.54, 1.807) is 0 Å². The lowest BCUT2D eigenvalue weighted by Gasteiger charge is -2.05. The van der Waals surface area contributed by atoms with Crippen molar-refractivity contribution in [2.75, 3.05) is 0 Å². The number of carbonyl (C=O) groups is 1. The molecule has 2 aromatic carbocycles. The number of aromatic amines is 1. The van der Waals surface area contributed by atoms with E-state index in [1.807, 2.05) is 38.1 Å². The summed E-state index contributed by atoms with van der Waals surface area (Å²) in [6.07, 6.45) is 0.0209. The van der Waals surface area contributed by atoms with Gasteiger partial charge in [0.05, 0.1) is 12.1 Å². The molecule has 1 aromatic heterocycles. The molecular weight excluding hydrogens is 274 g/mol. The van der Waals surface area contributed by atoms with Gasteiger partial charge < -0.3 is 10.1 Å². The summed E-state index contributed by atoms with van der Waals surface area (Å²) in [4.78, 5) is 14.7. The fourth-order valence-electron chi connectivity index (χ4n) is 3.10. The Labute approximate surface area is 129 Å². The van der Waals surface area contributed by atoms with E-state index in [-0.39, 0.29) is 6.42 Å². The van der Waals surface area contributed by atoms with Crippen molar-refractivity contribution < 1.29 is 9.90 Å². The van der Waals surface area contributed by atoms with E-state index in [4.69, 9.17) is 0 Å². The third-order valence-electron chi connectivity index (χ3n) is 4.01. The molecule has 3 aromatic rings. The summed E-state index contributed by atoms with van der Waals surface area (Å²) < 4.78 is 0. The van der Waals surface area contributed by atoms with Crippen molar-refractivity contribution in [1.82, 2.24) is 4.98 Å². The monoisotopic (exact) mass is 293 g/mol. The summed E-state index contributed by atoms with van der Waals surface area (Å²) in [5.41, 5.74) is 7.27. The Kier molecular flexibility index (Phi) is 3.49. The zero-order chi connectivity index (χ0) is 15.9. The molecule has 0 spiro atoms. The predicted octanol–water partition coefficient (Wildman–Crippen LogP) is 4.39. The smallest absolute Gasteiger partial charge is 0.307 e. The first-order valence-electron chi connectivity index (χ1n) is 7.36. The van der Waals surface area contributed by atoms with Crippen LogP contribution in [0.3, 0.4) is 0 Å². The maximum absolute atomic E-state index is 11.3. The van der Waals surface area contributed by atoms with Crippen LogP contribution in [0.25, 0.3) is 22.2 Å². The van der Waals surface area contributed by atoms with Crippen molar-refractivity contribution in [2.24, 2.45) is 0 Å². The number of aliphatic carboxylic acids is 1. The normalized spacial score (nSPS) is 11.0. The maximum Gasteiger partial charge on any atom is 0.307 e. The van der Waals surface area contributed by atoms with Gasteiger partial charge in [-0.2, -0.15) is 0 Å². The molecule has 1 heterocycles. The Hall–Kier alpha value is -2.55. The van der Waals surface area contributed by atoms with Gasteiger partial charge in [-0.05, 0) is 49.1 Å². The summed E-state index contributed by atoms with van der Waals surface area (Å²) in [6, 6.07) is 12.3. The number of fused-ring (bicyclic) bond motifs is 1. The van der Waals surface area contributed by atoms with Crippen LogP contribution in [0.1, 0.15) is 22.3 Å². The highest BCUT2D eigenvalue weighted by Crippen LogP contribution is 2.33. The van der Waals surface area contributed by atoms with Gasteiger partial charge in [-0.1, -0.05) is 35.9 Å². The van der Waals surface area contributed by atoms with Crippen LogP contribution < -0.4 is 0 Å². The molecule has 2 N–H and O–H groups in total. The largest absolute Gasteiger partial charge is 0.481 e. The Balaban J connectivity index is 2.30. The highest BCUT2D eigenvalue weighted by atomic mass is 16.4. The van der Waals surface area contributed by atoms with Gasteiger partial charge in [-0.3, -0.25) is 4.79 Å². The average molecular weight is 293 g/mol. The van der Waals surface area contributed by atoms with Crippen molar-refractivity contribution in [1.29, 1.82) is 0 Å². The quantitative estimate of drug-likeness (QED) is 0.752. The highest BCUT2D eigenvalue weighted by Gasteiger charge is 2.17. The number of rotatable bonds is 3.